The number of benzene rings is 2. The Hall–Kier alpha value is -5.07. The van der Waals surface area contributed by atoms with Gasteiger partial charge in [-0.05, 0) is 24.3 Å². The number of carbonyl (C=O) groups excluding carboxylic acids is 3. The Labute approximate surface area is 214 Å². The SMILES string of the molecule is O=C(O)CNc1nc(-c2ccc(F)c3c(C(=O)C(=O)N4CCN(C(=O)c5ccccc5)CC4)c[nH]c23)no1. The second-order valence-corrected chi connectivity index (χ2v) is 8.50. The van der Waals surface area contributed by atoms with Gasteiger partial charge in [-0.1, -0.05) is 23.4 Å². The van der Waals surface area contributed by atoms with Gasteiger partial charge in [0.2, 0.25) is 5.82 Å². The fraction of sp³-hybridized carbons (Fsp3) is 0.200. The molecule has 1 aliphatic rings. The van der Waals surface area contributed by atoms with E-state index in [0.29, 0.717) is 5.56 Å². The van der Waals surface area contributed by atoms with Crippen LogP contribution in [0.2, 0.25) is 0 Å². The van der Waals surface area contributed by atoms with Gasteiger partial charge < -0.3 is 29.7 Å². The van der Waals surface area contributed by atoms with E-state index in [-0.39, 0.29) is 66.0 Å². The van der Waals surface area contributed by atoms with Crippen LogP contribution in [0.15, 0.2) is 53.2 Å². The van der Waals surface area contributed by atoms with E-state index >= 15 is 0 Å². The summed E-state index contributed by atoms with van der Waals surface area (Å²) in [6.45, 7) is 0.394. The van der Waals surface area contributed by atoms with Gasteiger partial charge in [0, 0.05) is 48.9 Å². The molecule has 5 rings (SSSR count). The summed E-state index contributed by atoms with van der Waals surface area (Å²) in [6, 6.07) is 11.1. The van der Waals surface area contributed by atoms with Gasteiger partial charge in [0.1, 0.15) is 12.4 Å². The van der Waals surface area contributed by atoms with Crippen molar-refractivity contribution in [3.8, 4) is 11.4 Å². The minimum atomic E-state index is -1.13. The molecule has 194 valence electrons. The molecule has 4 aromatic rings. The minimum absolute atomic E-state index is 0.0225. The lowest BCUT2D eigenvalue weighted by Crippen LogP contribution is -2.52. The molecule has 3 N–H and O–H groups in total. The molecule has 12 nitrogen and oxygen atoms in total. The number of ketones is 1. The fourth-order valence-corrected chi connectivity index (χ4v) is 4.26. The standard InChI is InChI=1S/C25H21FN6O6/c26-17-7-6-15(22-29-25(38-30-22)28-13-18(33)34)20-19(17)16(12-27-20)21(35)24(37)32-10-8-31(9-11-32)23(36)14-4-2-1-3-5-14/h1-7,12,27H,8-11,13H2,(H,33,34)(H,28,29,30). The summed E-state index contributed by atoms with van der Waals surface area (Å²) < 4.78 is 19.8. The average molecular weight is 520 g/mol. The van der Waals surface area contributed by atoms with E-state index in [2.05, 4.69) is 20.4 Å². The van der Waals surface area contributed by atoms with Crippen molar-refractivity contribution in [1.29, 1.82) is 0 Å². The van der Waals surface area contributed by atoms with Crippen molar-refractivity contribution in [3.05, 3.63) is 65.6 Å². The van der Waals surface area contributed by atoms with Crippen LogP contribution in [0.3, 0.4) is 0 Å². The number of carbonyl (C=O) groups is 4. The number of rotatable bonds is 7. The van der Waals surface area contributed by atoms with Gasteiger partial charge in [0.05, 0.1) is 11.1 Å². The van der Waals surface area contributed by atoms with Crippen molar-refractivity contribution in [2.45, 2.75) is 0 Å². The quantitative estimate of drug-likeness (QED) is 0.244. The molecule has 1 aliphatic heterocycles. The predicted octanol–water partition coefficient (Wildman–Crippen LogP) is 2.02. The molecule has 1 saturated heterocycles. The maximum absolute atomic E-state index is 14.9. The second kappa shape index (κ2) is 10.1. The van der Waals surface area contributed by atoms with Gasteiger partial charge >= 0.3 is 12.0 Å². The first-order chi connectivity index (χ1) is 18.3. The highest BCUT2D eigenvalue weighted by Crippen LogP contribution is 2.31. The lowest BCUT2D eigenvalue weighted by atomic mass is 10.0. The number of aliphatic carboxylic acids is 1. The highest BCUT2D eigenvalue weighted by Gasteiger charge is 2.31. The summed E-state index contributed by atoms with van der Waals surface area (Å²) in [5.41, 5.74) is 0.845. The van der Waals surface area contributed by atoms with Gasteiger partial charge in [-0.25, -0.2) is 4.39 Å². The molecule has 0 aliphatic carbocycles. The number of fused-ring (bicyclic) bond motifs is 1. The Bertz CT molecular complexity index is 1540. The lowest BCUT2D eigenvalue weighted by molar-refractivity contribution is -0.135. The number of aromatic amines is 1. The molecule has 2 aromatic heterocycles. The van der Waals surface area contributed by atoms with Crippen LogP contribution in [0.4, 0.5) is 10.4 Å². The summed E-state index contributed by atoms with van der Waals surface area (Å²) >= 11 is 0. The van der Waals surface area contributed by atoms with Crippen molar-refractivity contribution in [2.75, 3.05) is 38.0 Å². The normalized spacial score (nSPS) is 13.5. The number of Topliss-reactive ketones (excluding diaryl/α,β-unsaturated/α-hetero) is 1. The molecule has 0 unspecified atom stereocenters. The van der Waals surface area contributed by atoms with Crippen molar-refractivity contribution < 1.29 is 33.2 Å². The zero-order chi connectivity index (χ0) is 26.8. The van der Waals surface area contributed by atoms with Gasteiger partial charge in [0.25, 0.3) is 17.6 Å². The van der Waals surface area contributed by atoms with Crippen LogP contribution in [0.25, 0.3) is 22.3 Å². The van der Waals surface area contributed by atoms with Crippen LogP contribution >= 0.6 is 0 Å². The zero-order valence-electron chi connectivity index (χ0n) is 19.8. The number of carboxylic acid groups (broad SMARTS) is 1. The topological polar surface area (TPSA) is 162 Å². The molecule has 13 heteroatoms. The van der Waals surface area contributed by atoms with Gasteiger partial charge in [-0.2, -0.15) is 4.98 Å². The van der Waals surface area contributed by atoms with Crippen LogP contribution in [-0.4, -0.2) is 86.3 Å². The number of hydrogen-bond acceptors (Lipinski definition) is 8. The number of nitrogens with one attached hydrogen (secondary N) is 2. The van der Waals surface area contributed by atoms with E-state index in [1.54, 1.807) is 29.2 Å². The summed E-state index contributed by atoms with van der Waals surface area (Å²) in [6.07, 6.45) is 1.25. The number of halogens is 1. The van der Waals surface area contributed by atoms with Crippen LogP contribution in [0.1, 0.15) is 20.7 Å². The molecule has 1 fully saturated rings. The number of nitrogens with zero attached hydrogens (tertiary/aromatic N) is 4. The van der Waals surface area contributed by atoms with E-state index < -0.39 is 30.0 Å². The van der Waals surface area contributed by atoms with Gasteiger partial charge in [-0.15, -0.1) is 0 Å². The Morgan fingerprint density at radius 2 is 1.74 bits per heavy atom. The van der Waals surface area contributed by atoms with E-state index in [4.69, 9.17) is 9.63 Å². The molecule has 0 saturated carbocycles. The van der Waals surface area contributed by atoms with Crippen LogP contribution in [0, 0.1) is 5.82 Å². The number of carboxylic acids is 1. The molecule has 2 aromatic carbocycles. The highest BCUT2D eigenvalue weighted by atomic mass is 19.1. The molecular formula is C25H21FN6O6. The van der Waals surface area contributed by atoms with Crippen molar-refractivity contribution in [3.63, 3.8) is 0 Å². The molecule has 3 heterocycles. The zero-order valence-corrected chi connectivity index (χ0v) is 19.8. The lowest BCUT2D eigenvalue weighted by Gasteiger charge is -2.34. The Kier molecular flexibility index (Phi) is 6.56. The maximum atomic E-state index is 14.9. The molecule has 0 atom stereocenters. The molecule has 38 heavy (non-hydrogen) atoms. The third kappa shape index (κ3) is 4.68. The van der Waals surface area contributed by atoms with Crippen LogP contribution in [-0.2, 0) is 9.59 Å². The first-order valence-corrected chi connectivity index (χ1v) is 11.6. The summed E-state index contributed by atoms with van der Waals surface area (Å²) in [5, 5.41) is 14.9. The molecule has 2 amide bonds. The molecule has 0 spiro atoms. The molecular weight excluding hydrogens is 499 g/mol. The predicted molar refractivity (Wildman–Crippen MR) is 131 cm³/mol. The largest absolute Gasteiger partial charge is 0.480 e. The van der Waals surface area contributed by atoms with E-state index in [0.717, 1.165) is 6.07 Å². The Balaban J connectivity index is 1.33. The van der Waals surface area contributed by atoms with E-state index in [1.807, 2.05) is 6.07 Å². The van der Waals surface area contributed by atoms with Gasteiger partial charge in [0.15, 0.2) is 0 Å². The summed E-state index contributed by atoms with van der Waals surface area (Å²) in [7, 11) is 0. The highest BCUT2D eigenvalue weighted by molar-refractivity contribution is 6.45. The summed E-state index contributed by atoms with van der Waals surface area (Å²) in [5.74, 6) is -3.69. The first kappa shape index (κ1) is 24.6. The monoisotopic (exact) mass is 520 g/mol. The van der Waals surface area contributed by atoms with Crippen LogP contribution < -0.4 is 5.32 Å². The third-order valence-corrected chi connectivity index (χ3v) is 6.16. The van der Waals surface area contributed by atoms with Crippen molar-refractivity contribution in [1.82, 2.24) is 24.9 Å². The Morgan fingerprint density at radius 1 is 1.03 bits per heavy atom. The fourth-order valence-electron chi connectivity index (χ4n) is 4.26. The molecule has 0 bridgehead atoms. The second-order valence-electron chi connectivity index (χ2n) is 8.50. The van der Waals surface area contributed by atoms with Gasteiger partial charge in [-0.3, -0.25) is 19.2 Å². The smallest absolute Gasteiger partial charge is 0.323 e. The third-order valence-electron chi connectivity index (χ3n) is 6.16. The minimum Gasteiger partial charge on any atom is -0.480 e. The number of anilines is 1. The summed E-state index contributed by atoms with van der Waals surface area (Å²) in [4.78, 5) is 59.4. The number of hydrogen-bond donors (Lipinski definition) is 3. The van der Waals surface area contributed by atoms with E-state index in [1.165, 1.54) is 17.2 Å². The van der Waals surface area contributed by atoms with Crippen molar-refractivity contribution >= 4 is 40.5 Å². The van der Waals surface area contributed by atoms with E-state index in [9.17, 15) is 23.6 Å². The number of piperazine rings is 1. The number of H-pyrrole nitrogens is 1. The average Bonchev–Trinajstić information content (AvgIpc) is 3.60. The number of amides is 2. The van der Waals surface area contributed by atoms with Crippen LogP contribution in [0.5, 0.6) is 0 Å². The Morgan fingerprint density at radius 3 is 2.45 bits per heavy atom. The van der Waals surface area contributed by atoms with Crippen molar-refractivity contribution in [2.24, 2.45) is 0 Å². The number of aromatic nitrogens is 3. The molecule has 0 radical (unpaired) electrons. The first-order valence-electron chi connectivity index (χ1n) is 11.6. The maximum Gasteiger partial charge on any atom is 0.323 e.